The van der Waals surface area contributed by atoms with E-state index in [1.165, 1.54) is 32.3 Å². The van der Waals surface area contributed by atoms with Gasteiger partial charge >= 0.3 is 0 Å². The average molecular weight is 537 g/mol. The number of H-pyrrole nitrogens is 2. The van der Waals surface area contributed by atoms with Crippen molar-refractivity contribution in [2.45, 2.75) is 37.1 Å². The molecule has 3 heterocycles. The van der Waals surface area contributed by atoms with Crippen LogP contribution < -0.4 is 15.8 Å². The number of aromatic amines is 2. The number of fused-ring (bicyclic) bond motifs is 1. The van der Waals surface area contributed by atoms with Crippen molar-refractivity contribution in [2.24, 2.45) is 0 Å². The smallest absolute Gasteiger partial charge is 0.257 e. The minimum atomic E-state index is -3.79. The molecule has 0 bridgehead atoms. The van der Waals surface area contributed by atoms with Crippen LogP contribution in [-0.4, -0.2) is 64.9 Å². The van der Waals surface area contributed by atoms with Crippen LogP contribution in [0.5, 0.6) is 0 Å². The Morgan fingerprint density at radius 1 is 1.13 bits per heavy atom. The number of hydrogen-bond donors (Lipinski definition) is 3. The molecule has 2 aromatic carbocycles. The first kappa shape index (κ1) is 25.5. The molecule has 1 amide bonds. The monoisotopic (exact) mass is 536 g/mol. The molecular formula is C25H28N8O4S. The highest BCUT2D eigenvalue weighted by Gasteiger charge is 2.31. The fraction of sp³-hybridized carbons (Fsp3) is 0.320. The Morgan fingerprint density at radius 3 is 2.68 bits per heavy atom. The number of pyridine rings is 1. The van der Waals surface area contributed by atoms with Gasteiger partial charge in [0.1, 0.15) is 0 Å². The number of anilines is 2. The molecule has 3 N–H and O–H groups in total. The maximum atomic E-state index is 13.7. The molecule has 1 aliphatic rings. The summed E-state index contributed by atoms with van der Waals surface area (Å²) in [4.78, 5) is 30.4. The molecule has 1 atom stereocenters. The minimum absolute atomic E-state index is 0.0106. The van der Waals surface area contributed by atoms with Gasteiger partial charge < -0.3 is 15.2 Å². The summed E-state index contributed by atoms with van der Waals surface area (Å²) in [6.45, 7) is 2.47. The summed E-state index contributed by atoms with van der Waals surface area (Å²) in [5.41, 5.74) is 2.53. The van der Waals surface area contributed by atoms with Crippen molar-refractivity contribution in [3.63, 3.8) is 0 Å². The quantitative estimate of drug-likeness (QED) is 0.339. The normalized spacial score (nSPS) is 16.2. The molecule has 1 unspecified atom stereocenters. The standard InChI is InChI=1S/C25H28N8O4S/c1-15-12-23(34)27-20-9-7-16(13-18(15)20)26-25(35)19-14-17(38(36,37)32(2)3)8-10-21(19)33-11-5-4-6-22(33)24-28-30-31-29-24/h7-10,12-14,22H,4-6,11H2,1-3H3,(H,26,35)(H,27,34)(H,28,29,30,31). The predicted octanol–water partition coefficient (Wildman–Crippen LogP) is 2.58. The molecule has 0 aliphatic carbocycles. The van der Waals surface area contributed by atoms with Crippen molar-refractivity contribution in [2.75, 3.05) is 30.9 Å². The number of benzene rings is 2. The average Bonchev–Trinajstić information content (AvgIpc) is 3.43. The second kappa shape index (κ2) is 9.99. The van der Waals surface area contributed by atoms with Crippen molar-refractivity contribution in [3.8, 4) is 0 Å². The maximum absolute atomic E-state index is 13.7. The number of rotatable bonds is 6. The van der Waals surface area contributed by atoms with Crippen molar-refractivity contribution in [1.82, 2.24) is 29.9 Å². The molecule has 0 spiro atoms. The Bertz CT molecular complexity index is 1660. The lowest BCUT2D eigenvalue weighted by atomic mass is 9.99. The van der Waals surface area contributed by atoms with E-state index in [0.29, 0.717) is 29.3 Å². The number of nitrogens with one attached hydrogen (secondary N) is 3. The fourth-order valence-electron chi connectivity index (χ4n) is 4.82. The van der Waals surface area contributed by atoms with Crippen LogP contribution in [0.4, 0.5) is 11.4 Å². The van der Waals surface area contributed by atoms with Crippen molar-refractivity contribution in [1.29, 1.82) is 0 Å². The summed E-state index contributed by atoms with van der Waals surface area (Å²) < 4.78 is 27.0. The lowest BCUT2D eigenvalue weighted by Gasteiger charge is -2.36. The van der Waals surface area contributed by atoms with E-state index in [1.54, 1.807) is 24.3 Å². The molecule has 2 aromatic heterocycles. The molecule has 12 nitrogen and oxygen atoms in total. The number of sulfonamides is 1. The van der Waals surface area contributed by atoms with Gasteiger partial charge in [0.2, 0.25) is 15.6 Å². The molecule has 38 heavy (non-hydrogen) atoms. The first-order chi connectivity index (χ1) is 18.1. The highest BCUT2D eigenvalue weighted by atomic mass is 32.2. The molecular weight excluding hydrogens is 508 g/mol. The number of nitrogens with zero attached hydrogens (tertiary/aromatic N) is 5. The van der Waals surface area contributed by atoms with Crippen molar-refractivity contribution in [3.05, 3.63) is 69.8 Å². The number of hydrogen-bond acceptors (Lipinski definition) is 8. The first-order valence-electron chi connectivity index (χ1n) is 12.2. The van der Waals surface area contributed by atoms with Gasteiger partial charge in [-0.1, -0.05) is 5.21 Å². The van der Waals surface area contributed by atoms with Crippen LogP contribution >= 0.6 is 0 Å². The van der Waals surface area contributed by atoms with Crippen LogP contribution in [0, 0.1) is 6.92 Å². The predicted molar refractivity (Wildman–Crippen MR) is 143 cm³/mol. The van der Waals surface area contributed by atoms with Crippen LogP contribution in [0.3, 0.4) is 0 Å². The molecule has 1 saturated heterocycles. The van der Waals surface area contributed by atoms with Crippen LogP contribution in [0.2, 0.25) is 0 Å². The zero-order chi connectivity index (χ0) is 27.0. The lowest BCUT2D eigenvalue weighted by molar-refractivity contribution is 0.102. The Hall–Kier alpha value is -4.10. The van der Waals surface area contributed by atoms with E-state index in [4.69, 9.17) is 0 Å². The Balaban J connectivity index is 1.58. The van der Waals surface area contributed by atoms with Gasteiger partial charge in [-0.15, -0.1) is 10.2 Å². The second-order valence-electron chi connectivity index (χ2n) is 9.47. The summed E-state index contributed by atoms with van der Waals surface area (Å²) >= 11 is 0. The van der Waals surface area contributed by atoms with Gasteiger partial charge in [-0.05, 0) is 68.1 Å². The summed E-state index contributed by atoms with van der Waals surface area (Å²) in [6, 6.07) is 11.1. The third-order valence-corrected chi connectivity index (χ3v) is 8.58. The van der Waals surface area contributed by atoms with E-state index in [2.05, 4.69) is 30.9 Å². The Morgan fingerprint density at radius 2 is 1.95 bits per heavy atom. The van der Waals surface area contributed by atoms with E-state index >= 15 is 0 Å². The number of piperidine rings is 1. The highest BCUT2D eigenvalue weighted by Crippen LogP contribution is 2.36. The Kier molecular flexibility index (Phi) is 6.71. The van der Waals surface area contributed by atoms with Gasteiger partial charge in [0, 0.05) is 43.3 Å². The van der Waals surface area contributed by atoms with Gasteiger partial charge in [-0.25, -0.2) is 12.7 Å². The maximum Gasteiger partial charge on any atom is 0.257 e. The molecule has 5 rings (SSSR count). The topological polar surface area (TPSA) is 157 Å². The summed E-state index contributed by atoms with van der Waals surface area (Å²) in [5, 5.41) is 18.2. The number of aromatic nitrogens is 5. The van der Waals surface area contributed by atoms with E-state index in [1.807, 2.05) is 11.8 Å². The molecule has 0 saturated carbocycles. The number of tetrazole rings is 1. The van der Waals surface area contributed by atoms with E-state index in [9.17, 15) is 18.0 Å². The van der Waals surface area contributed by atoms with E-state index in [0.717, 1.165) is 34.5 Å². The van der Waals surface area contributed by atoms with Crippen LogP contribution in [-0.2, 0) is 10.0 Å². The van der Waals surface area contributed by atoms with E-state index in [-0.39, 0.29) is 22.1 Å². The summed E-state index contributed by atoms with van der Waals surface area (Å²) in [5.74, 6) is 0.0507. The number of carbonyl (C=O) groups excluding carboxylic acids is 1. The minimum Gasteiger partial charge on any atom is -0.360 e. The first-order valence-corrected chi connectivity index (χ1v) is 13.6. The number of carbonyl (C=O) groups is 1. The lowest BCUT2D eigenvalue weighted by Crippen LogP contribution is -2.35. The number of aryl methyl sites for hydroxylation is 1. The zero-order valence-electron chi connectivity index (χ0n) is 21.2. The van der Waals surface area contributed by atoms with Crippen molar-refractivity contribution < 1.29 is 13.2 Å². The van der Waals surface area contributed by atoms with Gasteiger partial charge in [-0.2, -0.15) is 5.21 Å². The SMILES string of the molecule is Cc1cc(=O)[nH]c2ccc(NC(=O)c3cc(S(=O)(=O)N(C)C)ccc3N3CCCCC3c3nn[nH]n3)cc12. The molecule has 198 valence electrons. The summed E-state index contributed by atoms with van der Waals surface area (Å²) in [7, 11) is -0.895. The fourth-order valence-corrected chi connectivity index (χ4v) is 5.75. The third-order valence-electron chi connectivity index (χ3n) is 6.77. The third kappa shape index (κ3) is 4.77. The number of amides is 1. The van der Waals surface area contributed by atoms with Gasteiger partial charge in [0.25, 0.3) is 5.91 Å². The van der Waals surface area contributed by atoms with Gasteiger partial charge in [-0.3, -0.25) is 9.59 Å². The molecule has 1 fully saturated rings. The molecule has 1 aliphatic heterocycles. The largest absolute Gasteiger partial charge is 0.360 e. The Labute approximate surface area is 219 Å². The van der Waals surface area contributed by atoms with Crippen LogP contribution in [0.15, 0.2) is 52.2 Å². The molecule has 13 heteroatoms. The van der Waals surface area contributed by atoms with Gasteiger partial charge in [0.15, 0.2) is 5.82 Å². The molecule has 0 radical (unpaired) electrons. The highest BCUT2D eigenvalue weighted by molar-refractivity contribution is 7.89. The van der Waals surface area contributed by atoms with Crippen LogP contribution in [0.1, 0.15) is 47.1 Å². The summed E-state index contributed by atoms with van der Waals surface area (Å²) in [6.07, 6.45) is 2.62. The van der Waals surface area contributed by atoms with Crippen LogP contribution in [0.25, 0.3) is 10.9 Å². The van der Waals surface area contributed by atoms with Crippen molar-refractivity contribution >= 4 is 38.2 Å². The molecule has 4 aromatic rings. The zero-order valence-corrected chi connectivity index (χ0v) is 22.0. The van der Waals surface area contributed by atoms with Gasteiger partial charge in [0.05, 0.1) is 22.2 Å². The second-order valence-corrected chi connectivity index (χ2v) is 11.6. The van der Waals surface area contributed by atoms with E-state index < -0.39 is 15.9 Å².